The minimum absolute atomic E-state index is 0.0506. The first-order valence-corrected chi connectivity index (χ1v) is 8.76. The maximum atomic E-state index is 12.1. The van der Waals surface area contributed by atoms with Crippen molar-refractivity contribution in [2.24, 2.45) is 0 Å². The van der Waals surface area contributed by atoms with E-state index in [-0.39, 0.29) is 15.6 Å². The van der Waals surface area contributed by atoms with E-state index in [9.17, 15) is 9.59 Å². The van der Waals surface area contributed by atoms with Gasteiger partial charge in [-0.25, -0.2) is 9.48 Å². The molecule has 0 unspecified atom stereocenters. The molecule has 1 fully saturated rings. The Bertz CT molecular complexity index is 765. The van der Waals surface area contributed by atoms with Gasteiger partial charge >= 0.3 is 5.97 Å². The van der Waals surface area contributed by atoms with E-state index in [1.165, 1.54) is 12.1 Å². The molecule has 1 aliphatic rings. The molecule has 1 aromatic carbocycles. The van der Waals surface area contributed by atoms with Gasteiger partial charge in [0.25, 0.3) is 5.91 Å². The zero-order valence-electron chi connectivity index (χ0n) is 13.4. The van der Waals surface area contributed by atoms with Crippen molar-refractivity contribution in [3.8, 4) is 0 Å². The van der Waals surface area contributed by atoms with E-state index in [0.29, 0.717) is 11.9 Å². The molecule has 1 aliphatic carbocycles. The molecule has 6 nitrogen and oxygen atoms in total. The van der Waals surface area contributed by atoms with Crippen LogP contribution in [0.15, 0.2) is 30.5 Å². The highest BCUT2D eigenvalue weighted by atomic mass is 35.5. The first-order chi connectivity index (χ1) is 12.1. The van der Waals surface area contributed by atoms with Crippen LogP contribution < -0.4 is 5.32 Å². The fourth-order valence-corrected chi connectivity index (χ4v) is 3.48. The predicted octanol–water partition coefficient (Wildman–Crippen LogP) is 4.10. The third kappa shape index (κ3) is 4.14. The summed E-state index contributed by atoms with van der Waals surface area (Å²) in [7, 11) is 0. The lowest BCUT2D eigenvalue weighted by Crippen LogP contribution is -2.23. The maximum absolute atomic E-state index is 12.1. The Morgan fingerprint density at radius 2 is 1.88 bits per heavy atom. The Hall–Kier alpha value is -2.05. The van der Waals surface area contributed by atoms with Crippen LogP contribution in [0.2, 0.25) is 10.0 Å². The Kier molecular flexibility index (Phi) is 5.60. The van der Waals surface area contributed by atoms with Crippen LogP contribution in [-0.2, 0) is 9.53 Å². The van der Waals surface area contributed by atoms with Crippen molar-refractivity contribution < 1.29 is 14.3 Å². The summed E-state index contributed by atoms with van der Waals surface area (Å²) in [6.45, 7) is -0.434. The molecule has 8 heteroatoms. The van der Waals surface area contributed by atoms with Crippen LogP contribution in [0, 0.1) is 0 Å². The van der Waals surface area contributed by atoms with Gasteiger partial charge in [-0.2, -0.15) is 5.10 Å². The molecular weight excluding hydrogens is 365 g/mol. The third-order valence-corrected chi connectivity index (χ3v) is 4.74. The number of anilines is 1. The fraction of sp³-hybridized carbons (Fsp3) is 0.353. The van der Waals surface area contributed by atoms with E-state index in [2.05, 4.69) is 10.4 Å². The molecule has 1 aromatic heterocycles. The fourth-order valence-electron chi connectivity index (χ4n) is 2.93. The number of esters is 1. The van der Waals surface area contributed by atoms with Gasteiger partial charge in [-0.3, -0.25) is 4.79 Å². The molecule has 1 saturated carbocycles. The second-order valence-corrected chi connectivity index (χ2v) is 6.63. The Morgan fingerprint density at radius 1 is 1.20 bits per heavy atom. The van der Waals surface area contributed by atoms with Gasteiger partial charge in [-0.15, -0.1) is 0 Å². The summed E-state index contributed by atoms with van der Waals surface area (Å²) in [4.78, 5) is 24.2. The van der Waals surface area contributed by atoms with Crippen LogP contribution in [-0.4, -0.2) is 28.3 Å². The molecule has 1 heterocycles. The van der Waals surface area contributed by atoms with Gasteiger partial charge in [0.1, 0.15) is 5.82 Å². The number of nitrogens with one attached hydrogen (secondary N) is 1. The molecule has 0 bridgehead atoms. The number of hydrogen-bond acceptors (Lipinski definition) is 4. The van der Waals surface area contributed by atoms with Crippen molar-refractivity contribution >= 4 is 40.9 Å². The highest BCUT2D eigenvalue weighted by Gasteiger charge is 2.21. The van der Waals surface area contributed by atoms with Crippen LogP contribution in [0.3, 0.4) is 0 Å². The molecule has 1 amide bonds. The smallest absolute Gasteiger partial charge is 0.341 e. The molecule has 0 radical (unpaired) electrons. The van der Waals surface area contributed by atoms with E-state index in [0.717, 1.165) is 25.7 Å². The third-order valence-electron chi connectivity index (χ3n) is 4.11. The standard InChI is InChI=1S/C17H17Cl2N3O3/c18-12-6-3-7-13(19)16(12)17(24)25-10-15(23)21-14-8-9-20-22(14)11-4-1-2-5-11/h3,6-9,11H,1-2,4-5,10H2,(H,21,23). The lowest BCUT2D eigenvalue weighted by Gasteiger charge is -2.14. The van der Waals surface area contributed by atoms with Crippen molar-refractivity contribution in [1.29, 1.82) is 0 Å². The zero-order chi connectivity index (χ0) is 17.8. The minimum atomic E-state index is -0.741. The number of amides is 1. The first kappa shape index (κ1) is 17.8. The highest BCUT2D eigenvalue weighted by molar-refractivity contribution is 6.39. The normalized spacial score (nSPS) is 14.5. The lowest BCUT2D eigenvalue weighted by molar-refractivity contribution is -0.119. The van der Waals surface area contributed by atoms with E-state index >= 15 is 0 Å². The molecule has 0 saturated heterocycles. The number of hydrogen-bond donors (Lipinski definition) is 1. The summed E-state index contributed by atoms with van der Waals surface area (Å²) in [5.41, 5.74) is 0.0506. The molecule has 3 rings (SSSR count). The SMILES string of the molecule is O=C(COC(=O)c1c(Cl)cccc1Cl)Nc1ccnn1C1CCCC1. The summed E-state index contributed by atoms with van der Waals surface area (Å²) in [5.74, 6) is -0.588. The van der Waals surface area contributed by atoms with Crippen molar-refractivity contribution in [2.75, 3.05) is 11.9 Å². The van der Waals surface area contributed by atoms with Gasteiger partial charge in [0.2, 0.25) is 0 Å². The molecular formula is C17H17Cl2N3O3. The quantitative estimate of drug-likeness (QED) is 0.791. The molecule has 1 N–H and O–H groups in total. The average molecular weight is 382 g/mol. The average Bonchev–Trinajstić information content (AvgIpc) is 3.23. The molecule has 0 spiro atoms. The Morgan fingerprint density at radius 3 is 2.56 bits per heavy atom. The second-order valence-electron chi connectivity index (χ2n) is 5.82. The van der Waals surface area contributed by atoms with E-state index in [1.54, 1.807) is 18.3 Å². The number of ether oxygens (including phenoxy) is 1. The summed E-state index contributed by atoms with van der Waals surface area (Å²) in [5, 5.41) is 7.35. The van der Waals surface area contributed by atoms with Gasteiger partial charge in [0.05, 0.1) is 27.8 Å². The summed E-state index contributed by atoms with van der Waals surface area (Å²) < 4.78 is 6.83. The number of nitrogens with zero attached hydrogens (tertiary/aromatic N) is 2. The molecule has 25 heavy (non-hydrogen) atoms. The van der Waals surface area contributed by atoms with Crippen molar-refractivity contribution in [3.63, 3.8) is 0 Å². The Labute approximate surface area is 155 Å². The minimum Gasteiger partial charge on any atom is -0.452 e. The van der Waals surface area contributed by atoms with Gasteiger partial charge < -0.3 is 10.1 Å². The highest BCUT2D eigenvalue weighted by Crippen LogP contribution is 2.31. The number of rotatable bonds is 5. The van der Waals surface area contributed by atoms with Gasteiger partial charge in [0.15, 0.2) is 6.61 Å². The molecule has 132 valence electrons. The summed E-state index contributed by atoms with van der Waals surface area (Å²) in [6, 6.07) is 6.71. The van der Waals surface area contributed by atoms with Crippen LogP contribution in [0.1, 0.15) is 42.1 Å². The number of aromatic nitrogens is 2. The molecule has 2 aromatic rings. The van der Waals surface area contributed by atoms with E-state index in [1.807, 2.05) is 4.68 Å². The van der Waals surface area contributed by atoms with Gasteiger partial charge in [-0.1, -0.05) is 42.1 Å². The van der Waals surface area contributed by atoms with E-state index in [4.69, 9.17) is 27.9 Å². The number of carbonyl (C=O) groups excluding carboxylic acids is 2. The summed E-state index contributed by atoms with van der Waals surface area (Å²) in [6.07, 6.45) is 6.06. The van der Waals surface area contributed by atoms with Crippen molar-refractivity contribution in [1.82, 2.24) is 9.78 Å². The van der Waals surface area contributed by atoms with Crippen LogP contribution in [0.4, 0.5) is 5.82 Å². The topological polar surface area (TPSA) is 73.2 Å². The Balaban J connectivity index is 1.59. The predicted molar refractivity (Wildman–Crippen MR) is 95.1 cm³/mol. The zero-order valence-corrected chi connectivity index (χ0v) is 14.9. The second kappa shape index (κ2) is 7.89. The lowest BCUT2D eigenvalue weighted by atomic mass is 10.2. The molecule has 0 atom stereocenters. The van der Waals surface area contributed by atoms with Crippen LogP contribution in [0.25, 0.3) is 0 Å². The van der Waals surface area contributed by atoms with Gasteiger partial charge in [-0.05, 0) is 25.0 Å². The number of benzene rings is 1. The maximum Gasteiger partial charge on any atom is 0.341 e. The number of halogens is 2. The summed E-state index contributed by atoms with van der Waals surface area (Å²) >= 11 is 11.9. The molecule has 0 aliphatic heterocycles. The van der Waals surface area contributed by atoms with Crippen molar-refractivity contribution in [3.05, 3.63) is 46.1 Å². The van der Waals surface area contributed by atoms with Gasteiger partial charge in [0, 0.05) is 6.07 Å². The van der Waals surface area contributed by atoms with E-state index < -0.39 is 18.5 Å². The monoisotopic (exact) mass is 381 g/mol. The van der Waals surface area contributed by atoms with Crippen molar-refractivity contribution in [2.45, 2.75) is 31.7 Å². The largest absolute Gasteiger partial charge is 0.452 e. The first-order valence-electron chi connectivity index (χ1n) is 8.01. The van der Waals surface area contributed by atoms with Crippen LogP contribution >= 0.6 is 23.2 Å². The number of carbonyl (C=O) groups is 2. The van der Waals surface area contributed by atoms with Crippen LogP contribution in [0.5, 0.6) is 0 Å².